The fraction of sp³-hybridized carbons (Fsp3) is 0.280. The van der Waals surface area contributed by atoms with Crippen LogP contribution >= 0.6 is 11.6 Å². The van der Waals surface area contributed by atoms with Gasteiger partial charge in [0.25, 0.3) is 0 Å². The summed E-state index contributed by atoms with van der Waals surface area (Å²) in [5, 5.41) is 16.9. The van der Waals surface area contributed by atoms with Crippen molar-refractivity contribution < 1.29 is 9.47 Å². The largest absolute Gasteiger partial charge is 0.486 e. The number of pyridine rings is 1. The van der Waals surface area contributed by atoms with Gasteiger partial charge in [0, 0.05) is 18.9 Å². The maximum absolute atomic E-state index is 6.60. The standard InChI is InChI=1S/C25H25ClN6O2/c1-15-10-16(2)23(17(3)11-15)32-25(29-30-31-32)22(28-14-18-4-6-27-7-5-18)19-12-20(26)24-21(13-19)33-8-9-34-24/h4-7,10-13,22,28H,8-9,14H2,1-3H3. The Morgan fingerprint density at radius 3 is 2.53 bits per heavy atom. The SMILES string of the molecule is Cc1cc(C)c(-n2nnnc2C(NCc2ccncc2)c2cc(Cl)c3c(c2)OCCO3)c(C)c1. The minimum absolute atomic E-state index is 0.364. The highest BCUT2D eigenvalue weighted by atomic mass is 35.5. The van der Waals surface area contributed by atoms with E-state index >= 15 is 0 Å². The van der Waals surface area contributed by atoms with Gasteiger partial charge in [0.2, 0.25) is 0 Å². The van der Waals surface area contributed by atoms with Crippen molar-refractivity contribution in [1.82, 2.24) is 30.5 Å². The summed E-state index contributed by atoms with van der Waals surface area (Å²) >= 11 is 6.60. The number of rotatable bonds is 6. The van der Waals surface area contributed by atoms with Gasteiger partial charge in [0.05, 0.1) is 16.8 Å². The summed E-state index contributed by atoms with van der Waals surface area (Å²) in [6.07, 6.45) is 3.55. The molecule has 0 amide bonds. The van der Waals surface area contributed by atoms with E-state index in [4.69, 9.17) is 21.1 Å². The van der Waals surface area contributed by atoms with Gasteiger partial charge in [-0.25, -0.2) is 0 Å². The molecule has 0 radical (unpaired) electrons. The molecule has 1 aliphatic heterocycles. The van der Waals surface area contributed by atoms with Gasteiger partial charge in [0.1, 0.15) is 13.2 Å². The minimum Gasteiger partial charge on any atom is -0.486 e. The highest BCUT2D eigenvalue weighted by Crippen LogP contribution is 2.40. The van der Waals surface area contributed by atoms with E-state index in [0.717, 1.165) is 27.9 Å². The molecule has 3 heterocycles. The van der Waals surface area contributed by atoms with Crippen LogP contribution in [-0.4, -0.2) is 38.4 Å². The topological polar surface area (TPSA) is 87.0 Å². The van der Waals surface area contributed by atoms with Crippen molar-refractivity contribution in [2.75, 3.05) is 13.2 Å². The van der Waals surface area contributed by atoms with Crippen molar-refractivity contribution >= 4 is 11.6 Å². The molecule has 1 aliphatic rings. The zero-order chi connectivity index (χ0) is 23.7. The number of tetrazole rings is 1. The van der Waals surface area contributed by atoms with E-state index in [0.29, 0.717) is 42.1 Å². The summed E-state index contributed by atoms with van der Waals surface area (Å²) in [4.78, 5) is 4.11. The Balaban J connectivity index is 1.61. The Morgan fingerprint density at radius 1 is 1.03 bits per heavy atom. The van der Waals surface area contributed by atoms with Crippen molar-refractivity contribution in [3.8, 4) is 17.2 Å². The van der Waals surface area contributed by atoms with E-state index < -0.39 is 0 Å². The molecular weight excluding hydrogens is 452 g/mol. The number of hydrogen-bond donors (Lipinski definition) is 1. The summed E-state index contributed by atoms with van der Waals surface area (Å²) in [6.45, 7) is 7.75. The van der Waals surface area contributed by atoms with Crippen LogP contribution in [0.3, 0.4) is 0 Å². The highest BCUT2D eigenvalue weighted by molar-refractivity contribution is 6.32. The molecule has 34 heavy (non-hydrogen) atoms. The summed E-state index contributed by atoms with van der Waals surface area (Å²) < 4.78 is 13.4. The van der Waals surface area contributed by atoms with Gasteiger partial charge in [-0.1, -0.05) is 29.3 Å². The lowest BCUT2D eigenvalue weighted by Gasteiger charge is -2.24. The lowest BCUT2D eigenvalue weighted by Crippen LogP contribution is -2.26. The van der Waals surface area contributed by atoms with E-state index in [2.05, 4.69) is 58.7 Å². The fourth-order valence-corrected chi connectivity index (χ4v) is 4.69. The third-order valence-electron chi connectivity index (χ3n) is 5.81. The van der Waals surface area contributed by atoms with E-state index in [-0.39, 0.29) is 6.04 Å². The monoisotopic (exact) mass is 476 g/mol. The fourth-order valence-electron chi connectivity index (χ4n) is 4.42. The molecule has 1 unspecified atom stereocenters. The van der Waals surface area contributed by atoms with Crippen LogP contribution in [0.2, 0.25) is 5.02 Å². The molecule has 5 rings (SSSR count). The second kappa shape index (κ2) is 9.40. The van der Waals surface area contributed by atoms with Crippen LogP contribution in [0.25, 0.3) is 5.69 Å². The molecule has 8 nitrogen and oxygen atoms in total. The Kier molecular flexibility index (Phi) is 6.17. The van der Waals surface area contributed by atoms with E-state index in [9.17, 15) is 0 Å². The number of fused-ring (bicyclic) bond motifs is 1. The summed E-state index contributed by atoms with van der Waals surface area (Å²) in [5.74, 6) is 1.83. The van der Waals surface area contributed by atoms with Crippen molar-refractivity contribution in [2.24, 2.45) is 0 Å². The quantitative estimate of drug-likeness (QED) is 0.444. The number of halogens is 1. The zero-order valence-electron chi connectivity index (χ0n) is 19.2. The molecule has 0 saturated heterocycles. The van der Waals surface area contributed by atoms with Crippen molar-refractivity contribution in [2.45, 2.75) is 33.4 Å². The predicted octanol–water partition coefficient (Wildman–Crippen LogP) is 4.29. The highest BCUT2D eigenvalue weighted by Gasteiger charge is 2.27. The molecule has 0 fully saturated rings. The second-order valence-electron chi connectivity index (χ2n) is 8.39. The lowest BCUT2D eigenvalue weighted by atomic mass is 10.0. The number of nitrogens with zero attached hydrogens (tertiary/aromatic N) is 5. The molecule has 2 aromatic heterocycles. The molecule has 174 valence electrons. The number of benzene rings is 2. The van der Waals surface area contributed by atoms with Crippen LogP contribution in [0, 0.1) is 20.8 Å². The van der Waals surface area contributed by atoms with Crippen LogP contribution in [0.4, 0.5) is 0 Å². The first-order chi connectivity index (χ1) is 16.5. The number of hydrogen-bond acceptors (Lipinski definition) is 7. The molecule has 1 atom stereocenters. The van der Waals surface area contributed by atoms with Gasteiger partial charge >= 0.3 is 0 Å². The number of aryl methyl sites for hydroxylation is 3. The van der Waals surface area contributed by atoms with E-state index in [1.54, 1.807) is 17.1 Å². The Labute approximate surface area is 202 Å². The Bertz CT molecular complexity index is 1300. The lowest BCUT2D eigenvalue weighted by molar-refractivity contribution is 0.171. The van der Waals surface area contributed by atoms with E-state index in [1.807, 2.05) is 24.3 Å². The molecule has 4 aromatic rings. The molecular formula is C25H25ClN6O2. The average Bonchev–Trinajstić information content (AvgIpc) is 3.28. The molecule has 0 spiro atoms. The number of aromatic nitrogens is 5. The second-order valence-corrected chi connectivity index (χ2v) is 8.80. The van der Waals surface area contributed by atoms with E-state index in [1.165, 1.54) is 5.56 Å². The summed E-state index contributed by atoms with van der Waals surface area (Å²) in [6, 6.07) is 11.7. The van der Waals surface area contributed by atoms with Crippen LogP contribution in [0.1, 0.15) is 39.7 Å². The number of ether oxygens (including phenoxy) is 2. The van der Waals surface area contributed by atoms with Crippen molar-refractivity contribution in [1.29, 1.82) is 0 Å². The maximum atomic E-state index is 6.60. The molecule has 0 saturated carbocycles. The van der Waals surface area contributed by atoms with Crippen LogP contribution in [-0.2, 0) is 6.54 Å². The molecule has 2 aromatic carbocycles. The Morgan fingerprint density at radius 2 is 1.76 bits per heavy atom. The predicted molar refractivity (Wildman–Crippen MR) is 129 cm³/mol. The molecule has 1 N–H and O–H groups in total. The van der Waals surface area contributed by atoms with Crippen LogP contribution < -0.4 is 14.8 Å². The molecule has 0 aliphatic carbocycles. The van der Waals surface area contributed by atoms with Gasteiger partial charge in [-0.05, 0) is 77.7 Å². The first kappa shape index (κ1) is 22.3. The molecule has 9 heteroatoms. The van der Waals surface area contributed by atoms with Gasteiger partial charge in [-0.3, -0.25) is 10.3 Å². The summed E-state index contributed by atoms with van der Waals surface area (Å²) in [5.41, 5.74) is 6.31. The van der Waals surface area contributed by atoms with Gasteiger partial charge in [0.15, 0.2) is 17.3 Å². The third-order valence-corrected chi connectivity index (χ3v) is 6.09. The van der Waals surface area contributed by atoms with Gasteiger partial charge in [-0.15, -0.1) is 5.10 Å². The van der Waals surface area contributed by atoms with Crippen molar-refractivity contribution in [3.63, 3.8) is 0 Å². The first-order valence-electron chi connectivity index (χ1n) is 11.1. The smallest absolute Gasteiger partial charge is 0.179 e. The van der Waals surface area contributed by atoms with Gasteiger partial charge in [-0.2, -0.15) is 4.68 Å². The average molecular weight is 477 g/mol. The third kappa shape index (κ3) is 4.34. The van der Waals surface area contributed by atoms with Gasteiger partial charge < -0.3 is 9.47 Å². The van der Waals surface area contributed by atoms with Crippen LogP contribution in [0.15, 0.2) is 48.8 Å². The van der Waals surface area contributed by atoms with Crippen LogP contribution in [0.5, 0.6) is 11.5 Å². The molecule has 0 bridgehead atoms. The maximum Gasteiger partial charge on any atom is 0.179 e. The normalized spacial score (nSPS) is 13.6. The minimum atomic E-state index is -0.364. The van der Waals surface area contributed by atoms with Crippen molar-refractivity contribution in [3.05, 3.63) is 87.5 Å². The zero-order valence-corrected chi connectivity index (χ0v) is 20.0. The summed E-state index contributed by atoms with van der Waals surface area (Å²) in [7, 11) is 0. The Hall–Kier alpha value is -3.49. The number of nitrogens with one attached hydrogen (secondary N) is 1. The first-order valence-corrected chi connectivity index (χ1v) is 11.5.